The molecule has 1 aromatic rings. The van der Waals surface area contributed by atoms with Crippen molar-refractivity contribution in [2.45, 2.75) is 31.8 Å². The Kier molecular flexibility index (Phi) is 4.19. The van der Waals surface area contributed by atoms with Gasteiger partial charge in [-0.25, -0.2) is 13.8 Å². The average molecular weight is 271 g/mol. The second kappa shape index (κ2) is 5.69. The highest BCUT2D eigenvalue weighted by Crippen LogP contribution is 2.35. The molecule has 2 N–H and O–H groups in total. The molecule has 106 valence electrons. The minimum absolute atomic E-state index is 0.0562. The van der Waals surface area contributed by atoms with Gasteiger partial charge in [-0.1, -0.05) is 0 Å². The van der Waals surface area contributed by atoms with Crippen molar-refractivity contribution >= 4 is 11.6 Å². The third-order valence-electron chi connectivity index (χ3n) is 3.55. The fourth-order valence-corrected chi connectivity index (χ4v) is 2.15. The highest BCUT2D eigenvalue weighted by atomic mass is 19.1. The molecule has 0 amide bonds. The monoisotopic (exact) mass is 271 g/mol. The fourth-order valence-electron chi connectivity index (χ4n) is 2.15. The smallest absolute Gasteiger partial charge is 0.168 e. The van der Waals surface area contributed by atoms with Crippen LogP contribution < -0.4 is 10.6 Å². The van der Waals surface area contributed by atoms with E-state index in [1.54, 1.807) is 7.11 Å². The lowest BCUT2D eigenvalue weighted by molar-refractivity contribution is -0.0602. The number of methoxy groups -OCH3 is 1. The third-order valence-corrected chi connectivity index (χ3v) is 3.55. The molecule has 1 heterocycles. The van der Waals surface area contributed by atoms with Gasteiger partial charge in [-0.05, 0) is 26.2 Å². The van der Waals surface area contributed by atoms with Crippen LogP contribution in [0.3, 0.4) is 0 Å². The molecule has 0 spiro atoms. The minimum Gasteiger partial charge on any atom is -0.376 e. The zero-order valence-electron chi connectivity index (χ0n) is 11.2. The number of pyridine rings is 1. The van der Waals surface area contributed by atoms with Crippen LogP contribution in [0, 0.1) is 11.6 Å². The molecule has 4 nitrogen and oxygen atoms in total. The second-order valence-electron chi connectivity index (χ2n) is 4.77. The molecule has 0 radical (unpaired) electrons. The van der Waals surface area contributed by atoms with Gasteiger partial charge in [0.25, 0.3) is 0 Å². The van der Waals surface area contributed by atoms with Crippen molar-refractivity contribution in [1.82, 2.24) is 4.98 Å². The van der Waals surface area contributed by atoms with Crippen molar-refractivity contribution in [3.8, 4) is 0 Å². The van der Waals surface area contributed by atoms with E-state index in [0.29, 0.717) is 13.1 Å². The molecule has 0 unspecified atom stereocenters. The van der Waals surface area contributed by atoms with E-state index in [0.717, 1.165) is 25.3 Å². The highest BCUT2D eigenvalue weighted by molar-refractivity contribution is 5.47. The lowest BCUT2D eigenvalue weighted by atomic mass is 9.80. The SMILES string of the molecule is CCNc1nc(NCC2(OC)CCC2)c(F)cc1F. The molecule has 1 aromatic heterocycles. The number of hydrogen-bond acceptors (Lipinski definition) is 4. The van der Waals surface area contributed by atoms with E-state index in [-0.39, 0.29) is 17.2 Å². The summed E-state index contributed by atoms with van der Waals surface area (Å²) in [7, 11) is 1.65. The van der Waals surface area contributed by atoms with E-state index in [1.165, 1.54) is 0 Å². The summed E-state index contributed by atoms with van der Waals surface area (Å²) in [5.74, 6) is -1.26. The fraction of sp³-hybridized carbons (Fsp3) is 0.615. The molecular formula is C13H19F2N3O. The van der Waals surface area contributed by atoms with E-state index >= 15 is 0 Å². The largest absolute Gasteiger partial charge is 0.376 e. The first kappa shape index (κ1) is 14.0. The molecule has 1 saturated carbocycles. The topological polar surface area (TPSA) is 46.2 Å². The maximum Gasteiger partial charge on any atom is 0.168 e. The maximum absolute atomic E-state index is 13.6. The number of rotatable bonds is 6. The van der Waals surface area contributed by atoms with Crippen LogP contribution >= 0.6 is 0 Å². The van der Waals surface area contributed by atoms with Gasteiger partial charge in [0, 0.05) is 26.3 Å². The number of nitrogens with zero attached hydrogens (tertiary/aromatic N) is 1. The predicted octanol–water partition coefficient (Wildman–Crippen LogP) is 2.77. The molecule has 0 aliphatic heterocycles. The van der Waals surface area contributed by atoms with Crippen molar-refractivity contribution in [2.24, 2.45) is 0 Å². The summed E-state index contributed by atoms with van der Waals surface area (Å²) in [5.41, 5.74) is -0.235. The van der Waals surface area contributed by atoms with E-state index in [2.05, 4.69) is 15.6 Å². The molecule has 0 atom stereocenters. The molecule has 0 saturated heterocycles. The Labute approximate surface area is 111 Å². The highest BCUT2D eigenvalue weighted by Gasteiger charge is 2.37. The van der Waals surface area contributed by atoms with Gasteiger partial charge in [0.15, 0.2) is 23.3 Å². The first-order chi connectivity index (χ1) is 9.10. The number of anilines is 2. The summed E-state index contributed by atoms with van der Waals surface area (Å²) in [6.45, 7) is 2.83. The van der Waals surface area contributed by atoms with Crippen LogP contribution in [-0.4, -0.2) is 30.8 Å². The molecule has 1 aliphatic carbocycles. The van der Waals surface area contributed by atoms with Crippen LogP contribution in [0.5, 0.6) is 0 Å². The summed E-state index contributed by atoms with van der Waals surface area (Å²) in [5, 5.41) is 5.67. The molecular weight excluding hydrogens is 252 g/mol. The molecule has 1 fully saturated rings. The predicted molar refractivity (Wildman–Crippen MR) is 70.4 cm³/mol. The second-order valence-corrected chi connectivity index (χ2v) is 4.77. The Balaban J connectivity index is 2.08. The van der Waals surface area contributed by atoms with Gasteiger partial charge in [0.2, 0.25) is 0 Å². The maximum atomic E-state index is 13.6. The van der Waals surface area contributed by atoms with Crippen LogP contribution in [0.4, 0.5) is 20.4 Å². The van der Waals surface area contributed by atoms with Gasteiger partial charge in [-0.3, -0.25) is 0 Å². The summed E-state index contributed by atoms with van der Waals surface area (Å²) < 4.78 is 32.5. The van der Waals surface area contributed by atoms with E-state index in [9.17, 15) is 8.78 Å². The van der Waals surface area contributed by atoms with Crippen LogP contribution in [0.2, 0.25) is 0 Å². The Bertz CT molecular complexity index is 444. The average Bonchev–Trinajstić information content (AvgIpc) is 2.33. The first-order valence-electron chi connectivity index (χ1n) is 6.49. The Morgan fingerprint density at radius 3 is 2.37 bits per heavy atom. The lowest BCUT2D eigenvalue weighted by Crippen LogP contribution is -2.45. The Morgan fingerprint density at radius 1 is 1.26 bits per heavy atom. The van der Waals surface area contributed by atoms with E-state index in [1.807, 2.05) is 6.92 Å². The Morgan fingerprint density at radius 2 is 1.89 bits per heavy atom. The zero-order valence-corrected chi connectivity index (χ0v) is 11.2. The number of halogens is 2. The lowest BCUT2D eigenvalue weighted by Gasteiger charge is -2.40. The van der Waals surface area contributed by atoms with Crippen LogP contribution in [-0.2, 0) is 4.74 Å². The normalized spacial score (nSPS) is 16.8. The Hall–Kier alpha value is -1.43. The van der Waals surface area contributed by atoms with Crippen molar-refractivity contribution < 1.29 is 13.5 Å². The van der Waals surface area contributed by atoms with Gasteiger partial charge in [0.1, 0.15) is 0 Å². The first-order valence-corrected chi connectivity index (χ1v) is 6.49. The summed E-state index contributed by atoms with van der Waals surface area (Å²) in [6.07, 6.45) is 3.00. The van der Waals surface area contributed by atoms with Crippen molar-refractivity contribution in [2.75, 3.05) is 30.8 Å². The van der Waals surface area contributed by atoms with Crippen molar-refractivity contribution in [3.63, 3.8) is 0 Å². The van der Waals surface area contributed by atoms with Gasteiger partial charge in [-0.2, -0.15) is 0 Å². The summed E-state index contributed by atoms with van der Waals surface area (Å²) >= 11 is 0. The standard InChI is InChI=1S/C13H19F2N3O/c1-3-16-11-9(14)7-10(15)12(18-11)17-8-13(19-2)5-4-6-13/h7H,3-6,8H2,1-2H3,(H2,16,17,18). The molecule has 19 heavy (non-hydrogen) atoms. The number of hydrogen-bond donors (Lipinski definition) is 2. The minimum atomic E-state index is -0.690. The van der Waals surface area contributed by atoms with Crippen molar-refractivity contribution in [1.29, 1.82) is 0 Å². The molecule has 0 bridgehead atoms. The number of nitrogens with one attached hydrogen (secondary N) is 2. The van der Waals surface area contributed by atoms with Gasteiger partial charge in [0.05, 0.1) is 5.60 Å². The summed E-state index contributed by atoms with van der Waals surface area (Å²) in [4.78, 5) is 3.93. The molecule has 6 heteroatoms. The van der Waals surface area contributed by atoms with Gasteiger partial charge >= 0.3 is 0 Å². The van der Waals surface area contributed by atoms with E-state index in [4.69, 9.17) is 4.74 Å². The quantitative estimate of drug-likeness (QED) is 0.835. The molecule has 0 aromatic carbocycles. The molecule has 1 aliphatic rings. The number of ether oxygens (including phenoxy) is 1. The van der Waals surface area contributed by atoms with Gasteiger partial charge < -0.3 is 15.4 Å². The van der Waals surface area contributed by atoms with Crippen LogP contribution in [0.15, 0.2) is 6.07 Å². The summed E-state index contributed by atoms with van der Waals surface area (Å²) in [6, 6.07) is 0.841. The van der Waals surface area contributed by atoms with Crippen LogP contribution in [0.1, 0.15) is 26.2 Å². The van der Waals surface area contributed by atoms with Gasteiger partial charge in [-0.15, -0.1) is 0 Å². The zero-order chi connectivity index (χ0) is 13.9. The number of aromatic nitrogens is 1. The van der Waals surface area contributed by atoms with Crippen LogP contribution in [0.25, 0.3) is 0 Å². The van der Waals surface area contributed by atoms with Crippen molar-refractivity contribution in [3.05, 3.63) is 17.7 Å². The molecule has 2 rings (SSSR count). The third kappa shape index (κ3) is 2.94. The van der Waals surface area contributed by atoms with E-state index < -0.39 is 11.6 Å².